The first-order valence-corrected chi connectivity index (χ1v) is 6.97. The summed E-state index contributed by atoms with van der Waals surface area (Å²) >= 11 is 0. The van der Waals surface area contributed by atoms with E-state index in [1.165, 1.54) is 24.3 Å². The van der Waals surface area contributed by atoms with Gasteiger partial charge in [-0.3, -0.25) is 4.79 Å². The quantitative estimate of drug-likeness (QED) is 0.786. The lowest BCUT2D eigenvalue weighted by Gasteiger charge is -2.19. The molecule has 23 heavy (non-hydrogen) atoms. The van der Waals surface area contributed by atoms with Gasteiger partial charge in [0.2, 0.25) is 0 Å². The van der Waals surface area contributed by atoms with Crippen molar-refractivity contribution in [2.75, 3.05) is 13.1 Å². The highest BCUT2D eigenvalue weighted by molar-refractivity contribution is 5.94. The van der Waals surface area contributed by atoms with E-state index in [1.807, 2.05) is 0 Å². The second kappa shape index (κ2) is 8.30. The van der Waals surface area contributed by atoms with Crippen LogP contribution in [0.2, 0.25) is 0 Å². The van der Waals surface area contributed by atoms with Crippen LogP contribution in [0.3, 0.4) is 0 Å². The van der Waals surface area contributed by atoms with E-state index in [0.29, 0.717) is 0 Å². The zero-order chi connectivity index (χ0) is 17.5. The third kappa shape index (κ3) is 7.98. The molecule has 1 rings (SSSR count). The highest BCUT2D eigenvalue weighted by atomic mass is 19.3. The molecular weight excluding hydrogens is 310 g/mol. The van der Waals surface area contributed by atoms with Crippen LogP contribution >= 0.6 is 0 Å². The van der Waals surface area contributed by atoms with Crippen molar-refractivity contribution in [2.24, 2.45) is 0 Å². The normalized spacial score (nSPS) is 11.0. The Morgan fingerprint density at radius 2 is 1.83 bits per heavy atom. The number of benzene rings is 1. The third-order valence-corrected chi connectivity index (χ3v) is 2.40. The van der Waals surface area contributed by atoms with Gasteiger partial charge in [-0.25, -0.2) is 4.79 Å². The summed E-state index contributed by atoms with van der Waals surface area (Å²) in [5, 5.41) is 5.03. The monoisotopic (exact) mass is 330 g/mol. The Morgan fingerprint density at radius 3 is 2.43 bits per heavy atom. The Hall–Kier alpha value is -2.38. The number of hydrogen-bond acceptors (Lipinski definition) is 4. The molecule has 1 aromatic carbocycles. The molecule has 0 spiro atoms. The molecule has 6 nitrogen and oxygen atoms in total. The lowest BCUT2D eigenvalue weighted by Crippen LogP contribution is -2.37. The first-order valence-electron chi connectivity index (χ1n) is 6.97. The molecule has 0 aliphatic heterocycles. The second-order valence-corrected chi connectivity index (χ2v) is 5.59. The maximum atomic E-state index is 12.1. The molecule has 0 bridgehead atoms. The van der Waals surface area contributed by atoms with Gasteiger partial charge in [-0.1, -0.05) is 6.07 Å². The Bertz CT molecular complexity index is 545. The lowest BCUT2D eigenvalue weighted by atomic mass is 10.2. The molecule has 2 amide bonds. The Labute approximate surface area is 133 Å². The van der Waals surface area contributed by atoms with Crippen molar-refractivity contribution >= 4 is 12.0 Å². The van der Waals surface area contributed by atoms with E-state index in [-0.39, 0.29) is 24.4 Å². The van der Waals surface area contributed by atoms with Crippen molar-refractivity contribution in [3.63, 3.8) is 0 Å². The van der Waals surface area contributed by atoms with E-state index in [2.05, 4.69) is 15.4 Å². The molecule has 0 atom stereocenters. The maximum absolute atomic E-state index is 12.1. The fraction of sp³-hybridized carbons (Fsp3) is 0.467. The van der Waals surface area contributed by atoms with Crippen molar-refractivity contribution in [1.82, 2.24) is 10.6 Å². The largest absolute Gasteiger partial charge is 0.444 e. The number of rotatable bonds is 6. The van der Waals surface area contributed by atoms with Crippen LogP contribution < -0.4 is 15.4 Å². The van der Waals surface area contributed by atoms with Gasteiger partial charge >= 0.3 is 12.7 Å². The number of carbonyl (C=O) groups excluding carboxylic acids is 2. The minimum Gasteiger partial charge on any atom is -0.444 e. The molecule has 0 radical (unpaired) electrons. The number of alkyl halides is 2. The molecule has 0 unspecified atom stereocenters. The topological polar surface area (TPSA) is 76.7 Å². The summed E-state index contributed by atoms with van der Waals surface area (Å²) in [6, 6.07) is 5.44. The Kier molecular flexibility index (Phi) is 6.74. The summed E-state index contributed by atoms with van der Waals surface area (Å²) in [5.41, 5.74) is -0.418. The predicted molar refractivity (Wildman–Crippen MR) is 79.6 cm³/mol. The van der Waals surface area contributed by atoms with E-state index >= 15 is 0 Å². The highest BCUT2D eigenvalue weighted by Crippen LogP contribution is 2.15. The van der Waals surface area contributed by atoms with Crippen molar-refractivity contribution < 1.29 is 27.8 Å². The van der Waals surface area contributed by atoms with Gasteiger partial charge in [-0.15, -0.1) is 0 Å². The van der Waals surface area contributed by atoms with E-state index in [4.69, 9.17) is 4.74 Å². The maximum Gasteiger partial charge on any atom is 0.407 e. The molecule has 1 aromatic rings. The Balaban J connectivity index is 2.38. The molecular formula is C15H20F2N2O4. The van der Waals surface area contributed by atoms with Crippen LogP contribution in [0.15, 0.2) is 24.3 Å². The smallest absolute Gasteiger partial charge is 0.407 e. The molecule has 0 saturated heterocycles. The van der Waals surface area contributed by atoms with Crippen LogP contribution in [-0.4, -0.2) is 37.3 Å². The molecule has 0 heterocycles. The van der Waals surface area contributed by atoms with Crippen LogP contribution in [0, 0.1) is 0 Å². The number of ether oxygens (including phenoxy) is 2. The van der Waals surface area contributed by atoms with Gasteiger partial charge in [0.15, 0.2) is 0 Å². The number of carbonyl (C=O) groups is 2. The van der Waals surface area contributed by atoms with Gasteiger partial charge in [0.25, 0.3) is 5.91 Å². The van der Waals surface area contributed by atoms with E-state index in [9.17, 15) is 18.4 Å². The zero-order valence-electron chi connectivity index (χ0n) is 13.2. The summed E-state index contributed by atoms with van der Waals surface area (Å²) in [7, 11) is 0. The molecule has 128 valence electrons. The lowest BCUT2D eigenvalue weighted by molar-refractivity contribution is -0.0498. The second-order valence-electron chi connectivity index (χ2n) is 5.59. The van der Waals surface area contributed by atoms with Crippen molar-refractivity contribution in [3.8, 4) is 5.75 Å². The summed E-state index contributed by atoms with van der Waals surface area (Å²) in [5.74, 6) is -0.560. The van der Waals surface area contributed by atoms with Crippen molar-refractivity contribution in [1.29, 1.82) is 0 Å². The summed E-state index contributed by atoms with van der Waals surface area (Å²) < 4.78 is 33.5. The summed E-state index contributed by atoms with van der Waals surface area (Å²) in [6.07, 6.45) is -0.584. The minimum atomic E-state index is -2.95. The van der Waals surface area contributed by atoms with Crippen LogP contribution in [0.4, 0.5) is 13.6 Å². The molecule has 2 N–H and O–H groups in total. The van der Waals surface area contributed by atoms with Gasteiger partial charge in [0, 0.05) is 18.7 Å². The number of alkyl carbamates (subject to hydrolysis) is 1. The van der Waals surface area contributed by atoms with E-state index in [0.717, 1.165) is 0 Å². The molecule has 0 saturated carbocycles. The standard InChI is InChI=1S/C15H20F2N2O4/c1-15(2,3)23-14(21)19-8-7-18-12(20)10-5-4-6-11(9-10)22-13(16)17/h4-6,9,13H,7-8H2,1-3H3,(H,18,20)(H,19,21). The summed E-state index contributed by atoms with van der Waals surface area (Å²) in [6.45, 7) is 2.60. The number of nitrogens with one attached hydrogen (secondary N) is 2. The van der Waals surface area contributed by atoms with Crippen LogP contribution in [0.25, 0.3) is 0 Å². The highest BCUT2D eigenvalue weighted by Gasteiger charge is 2.15. The molecule has 0 fully saturated rings. The fourth-order valence-corrected chi connectivity index (χ4v) is 1.57. The predicted octanol–water partition coefficient (Wildman–Crippen LogP) is 2.54. The fourth-order valence-electron chi connectivity index (χ4n) is 1.57. The van der Waals surface area contributed by atoms with Gasteiger partial charge < -0.3 is 20.1 Å². The number of amides is 2. The van der Waals surface area contributed by atoms with Crippen LogP contribution in [0.1, 0.15) is 31.1 Å². The zero-order valence-corrected chi connectivity index (χ0v) is 13.2. The van der Waals surface area contributed by atoms with Gasteiger partial charge in [-0.05, 0) is 39.0 Å². The van der Waals surface area contributed by atoms with Gasteiger partial charge in [0.05, 0.1) is 0 Å². The first-order chi connectivity index (χ1) is 10.7. The van der Waals surface area contributed by atoms with Crippen molar-refractivity contribution in [3.05, 3.63) is 29.8 Å². The number of halogens is 2. The third-order valence-electron chi connectivity index (χ3n) is 2.40. The Morgan fingerprint density at radius 1 is 1.17 bits per heavy atom. The van der Waals surface area contributed by atoms with E-state index < -0.39 is 24.2 Å². The van der Waals surface area contributed by atoms with Crippen LogP contribution in [0.5, 0.6) is 5.75 Å². The van der Waals surface area contributed by atoms with Gasteiger partial charge in [0.1, 0.15) is 11.4 Å². The molecule has 0 aromatic heterocycles. The van der Waals surface area contributed by atoms with Crippen molar-refractivity contribution in [2.45, 2.75) is 33.0 Å². The number of hydrogen-bond donors (Lipinski definition) is 2. The molecule has 0 aliphatic carbocycles. The average molecular weight is 330 g/mol. The van der Waals surface area contributed by atoms with E-state index in [1.54, 1.807) is 20.8 Å². The molecule has 8 heteroatoms. The van der Waals surface area contributed by atoms with Crippen LogP contribution in [-0.2, 0) is 4.74 Å². The minimum absolute atomic E-state index is 0.0977. The summed E-state index contributed by atoms with van der Waals surface area (Å²) in [4.78, 5) is 23.2. The average Bonchev–Trinajstić information content (AvgIpc) is 2.41. The van der Waals surface area contributed by atoms with Gasteiger partial charge in [-0.2, -0.15) is 8.78 Å². The molecule has 0 aliphatic rings. The SMILES string of the molecule is CC(C)(C)OC(=O)NCCNC(=O)c1cccc(OC(F)F)c1. The first kappa shape index (κ1) is 18.7.